The van der Waals surface area contributed by atoms with E-state index in [9.17, 15) is 15.0 Å². The fourth-order valence-electron chi connectivity index (χ4n) is 1.37. The fourth-order valence-corrected chi connectivity index (χ4v) is 1.37. The van der Waals surface area contributed by atoms with E-state index in [0.717, 1.165) is 12.1 Å². The molecule has 19 heavy (non-hydrogen) atoms. The molecular weight excluding hydrogens is 248 g/mol. The molecule has 0 aliphatic rings. The van der Waals surface area contributed by atoms with Crippen LogP contribution in [0.25, 0.3) is 0 Å². The van der Waals surface area contributed by atoms with Gasteiger partial charge in [-0.05, 0) is 18.2 Å². The lowest BCUT2D eigenvalue weighted by Gasteiger charge is -2.02. The smallest absolute Gasteiger partial charge is 0.170 e. The Balaban J connectivity index is 2.71. The van der Waals surface area contributed by atoms with Crippen molar-refractivity contribution in [3.8, 4) is 11.5 Å². The third-order valence-electron chi connectivity index (χ3n) is 2.19. The number of carbonyl (C=O) groups is 1. The topological polar surface area (TPSA) is 98.0 Å². The van der Waals surface area contributed by atoms with Crippen molar-refractivity contribution in [1.82, 2.24) is 0 Å². The first kappa shape index (κ1) is 14.4. The molecule has 0 fully saturated rings. The van der Waals surface area contributed by atoms with E-state index in [1.165, 1.54) is 24.3 Å². The van der Waals surface area contributed by atoms with E-state index in [1.807, 2.05) is 0 Å². The van der Waals surface area contributed by atoms with Crippen molar-refractivity contribution in [3.63, 3.8) is 0 Å². The second kappa shape index (κ2) is 6.30. The van der Waals surface area contributed by atoms with Gasteiger partial charge in [-0.1, -0.05) is 12.7 Å². The Morgan fingerprint density at radius 3 is 2.53 bits per heavy atom. The zero-order valence-corrected chi connectivity index (χ0v) is 10.1. The summed E-state index contributed by atoms with van der Waals surface area (Å²) in [5, 5.41) is 36.6. The summed E-state index contributed by atoms with van der Waals surface area (Å²) >= 11 is 0. The Hall–Kier alpha value is -2.69. The Kier molecular flexibility index (Phi) is 4.76. The monoisotopic (exact) mass is 262 g/mol. The minimum absolute atomic E-state index is 0.0475. The molecule has 0 unspecified atom stereocenters. The first-order valence-electron chi connectivity index (χ1n) is 5.40. The van der Waals surface area contributed by atoms with Gasteiger partial charge >= 0.3 is 0 Å². The number of aromatic hydroxyl groups is 2. The number of carbonyl (C=O) groups excluding carboxylic acids is 1. The van der Waals surface area contributed by atoms with Crippen LogP contribution in [-0.4, -0.2) is 26.2 Å². The third kappa shape index (κ3) is 4.59. The fraction of sp³-hybridized carbons (Fsp3) is 0.0714. The highest BCUT2D eigenvalue weighted by Gasteiger charge is 2.09. The average Bonchev–Trinajstić information content (AvgIpc) is 2.27. The van der Waals surface area contributed by atoms with Gasteiger partial charge in [0.15, 0.2) is 5.78 Å². The van der Waals surface area contributed by atoms with Gasteiger partial charge in [-0.25, -0.2) is 0 Å². The van der Waals surface area contributed by atoms with Crippen molar-refractivity contribution >= 4 is 5.78 Å². The van der Waals surface area contributed by atoms with E-state index < -0.39 is 0 Å². The molecule has 1 aromatic carbocycles. The molecule has 0 saturated carbocycles. The van der Waals surface area contributed by atoms with E-state index in [1.54, 1.807) is 0 Å². The lowest BCUT2D eigenvalue weighted by atomic mass is 10.1. The van der Waals surface area contributed by atoms with E-state index in [0.29, 0.717) is 0 Å². The van der Waals surface area contributed by atoms with Crippen LogP contribution in [-0.2, 0) is 0 Å². The number of allylic oxidation sites excluding steroid dienone is 3. The molecule has 0 saturated heterocycles. The largest absolute Gasteiger partial charge is 0.508 e. The van der Waals surface area contributed by atoms with Gasteiger partial charge in [0, 0.05) is 18.6 Å². The molecule has 0 atom stereocenters. The lowest BCUT2D eigenvalue weighted by Crippen LogP contribution is -1.97. The second-order valence-corrected chi connectivity index (χ2v) is 3.79. The molecule has 5 nitrogen and oxygen atoms in total. The minimum atomic E-state index is -0.371. The van der Waals surface area contributed by atoms with Gasteiger partial charge in [-0.2, -0.15) is 0 Å². The van der Waals surface area contributed by atoms with Crippen LogP contribution < -0.4 is 0 Å². The van der Waals surface area contributed by atoms with Crippen LogP contribution in [0.2, 0.25) is 0 Å². The Morgan fingerprint density at radius 2 is 1.95 bits per heavy atom. The number of Topliss-reactive ketones (excluding diaryl/α,β-unsaturated/α-hetero) is 1. The van der Waals surface area contributed by atoms with Gasteiger partial charge in [-0.15, -0.1) is 0 Å². The number of benzene rings is 1. The normalized spacial score (nSPS) is 11.7. The SMILES string of the molecule is C=C(O)/C=C(O)\C=C/CC(=O)c1ccc(O)cc1O. The molecule has 5 heteroatoms. The first-order valence-corrected chi connectivity index (χ1v) is 5.40. The molecular formula is C14H14O5. The maximum absolute atomic E-state index is 11.7. The van der Waals surface area contributed by atoms with Crippen molar-refractivity contribution < 1.29 is 25.2 Å². The summed E-state index contributed by atoms with van der Waals surface area (Å²) < 4.78 is 0. The molecule has 0 bridgehead atoms. The minimum Gasteiger partial charge on any atom is -0.508 e. The third-order valence-corrected chi connectivity index (χ3v) is 2.19. The second-order valence-electron chi connectivity index (χ2n) is 3.79. The summed E-state index contributed by atoms with van der Waals surface area (Å²) in [5.41, 5.74) is 0.0810. The molecule has 0 spiro atoms. The van der Waals surface area contributed by atoms with E-state index >= 15 is 0 Å². The van der Waals surface area contributed by atoms with E-state index in [-0.39, 0.29) is 40.8 Å². The van der Waals surface area contributed by atoms with Gasteiger partial charge in [0.2, 0.25) is 0 Å². The molecule has 0 radical (unpaired) electrons. The molecule has 0 aromatic heterocycles. The number of rotatable bonds is 5. The van der Waals surface area contributed by atoms with Crippen LogP contribution in [0.3, 0.4) is 0 Å². The molecule has 0 heterocycles. The summed E-state index contributed by atoms with van der Waals surface area (Å²) in [4.78, 5) is 11.7. The van der Waals surface area contributed by atoms with E-state index in [4.69, 9.17) is 10.2 Å². The van der Waals surface area contributed by atoms with Crippen molar-refractivity contribution in [2.45, 2.75) is 6.42 Å². The highest BCUT2D eigenvalue weighted by Crippen LogP contribution is 2.23. The van der Waals surface area contributed by atoms with Crippen LogP contribution in [0.1, 0.15) is 16.8 Å². The van der Waals surface area contributed by atoms with Crippen molar-refractivity contribution in [3.05, 3.63) is 60.1 Å². The Labute approximate surface area is 110 Å². The maximum Gasteiger partial charge on any atom is 0.170 e. The first-order chi connectivity index (χ1) is 8.90. The van der Waals surface area contributed by atoms with Gasteiger partial charge < -0.3 is 20.4 Å². The predicted octanol–water partition coefficient (Wildman–Crippen LogP) is 2.74. The van der Waals surface area contributed by atoms with Crippen molar-refractivity contribution in [2.24, 2.45) is 0 Å². The summed E-state index contributed by atoms with van der Waals surface area (Å²) in [6.45, 7) is 3.17. The summed E-state index contributed by atoms with van der Waals surface area (Å²) in [5.74, 6) is -1.35. The molecule has 0 aliphatic heterocycles. The molecule has 0 amide bonds. The number of ketones is 1. The van der Waals surface area contributed by atoms with Crippen LogP contribution in [0.4, 0.5) is 0 Å². The average molecular weight is 262 g/mol. The van der Waals surface area contributed by atoms with Gasteiger partial charge in [0.05, 0.1) is 5.56 Å². The maximum atomic E-state index is 11.7. The highest BCUT2D eigenvalue weighted by atomic mass is 16.3. The van der Waals surface area contributed by atoms with Gasteiger partial charge in [-0.3, -0.25) is 4.79 Å². The van der Waals surface area contributed by atoms with Crippen LogP contribution in [0, 0.1) is 0 Å². The highest BCUT2D eigenvalue weighted by molar-refractivity contribution is 5.99. The Morgan fingerprint density at radius 1 is 1.26 bits per heavy atom. The molecule has 100 valence electrons. The zero-order valence-electron chi connectivity index (χ0n) is 10.1. The standard InChI is InChI=1S/C14H14O5/c1-9(15)7-10(16)3-2-4-13(18)12-6-5-11(17)8-14(12)19/h2-3,5-8,15-17,19H,1,4H2/b3-2-,10-7+. The lowest BCUT2D eigenvalue weighted by molar-refractivity contribution is 0.0993. The molecule has 1 aromatic rings. The van der Waals surface area contributed by atoms with Crippen molar-refractivity contribution in [2.75, 3.05) is 0 Å². The quantitative estimate of drug-likeness (QED) is 0.371. The summed E-state index contributed by atoms with van der Waals surface area (Å²) in [7, 11) is 0. The number of hydrogen-bond acceptors (Lipinski definition) is 5. The van der Waals surface area contributed by atoms with E-state index in [2.05, 4.69) is 6.58 Å². The van der Waals surface area contributed by atoms with Crippen LogP contribution in [0.5, 0.6) is 11.5 Å². The van der Waals surface area contributed by atoms with Crippen LogP contribution in [0.15, 0.2) is 54.5 Å². The number of aliphatic hydroxyl groups excluding tert-OH is 2. The van der Waals surface area contributed by atoms with Crippen LogP contribution >= 0.6 is 0 Å². The molecule has 0 aliphatic carbocycles. The number of phenols is 2. The van der Waals surface area contributed by atoms with Crippen molar-refractivity contribution in [1.29, 1.82) is 0 Å². The van der Waals surface area contributed by atoms with Gasteiger partial charge in [0.25, 0.3) is 0 Å². The summed E-state index contributed by atoms with van der Waals surface area (Å²) in [6.07, 6.45) is 3.59. The Bertz CT molecular complexity index is 555. The number of phenolic OH excluding ortho intramolecular Hbond substituents is 2. The number of hydrogen-bond donors (Lipinski definition) is 4. The van der Waals surface area contributed by atoms with Gasteiger partial charge in [0.1, 0.15) is 23.0 Å². The zero-order chi connectivity index (χ0) is 14.4. The molecule has 1 rings (SSSR count). The predicted molar refractivity (Wildman–Crippen MR) is 70.3 cm³/mol. The number of aliphatic hydroxyl groups is 2. The molecule has 4 N–H and O–H groups in total. The summed E-state index contributed by atoms with van der Waals surface area (Å²) in [6, 6.07) is 3.68.